The van der Waals surface area contributed by atoms with E-state index < -0.39 is 0 Å². The number of carbonyl (C=O) groups is 1. The maximum absolute atomic E-state index is 12.5. The molecule has 0 saturated heterocycles. The van der Waals surface area contributed by atoms with E-state index in [1.807, 2.05) is 24.9 Å². The number of hydrogen-bond donors (Lipinski definition) is 1. The second-order valence-corrected chi connectivity index (χ2v) is 5.58. The lowest BCUT2D eigenvalue weighted by atomic mass is 10.1. The number of hydrogen-bond acceptors (Lipinski definition) is 2. The fraction of sp³-hybridized carbons (Fsp3) is 0.562. The molecule has 1 saturated carbocycles. The molecule has 2 rings (SSSR count). The van der Waals surface area contributed by atoms with Crippen LogP contribution in [0.15, 0.2) is 18.2 Å². The molecule has 19 heavy (non-hydrogen) atoms. The van der Waals surface area contributed by atoms with E-state index in [1.165, 1.54) is 25.7 Å². The normalized spacial score (nSPS) is 16.9. The van der Waals surface area contributed by atoms with Crippen molar-refractivity contribution in [3.63, 3.8) is 0 Å². The molecule has 1 aromatic carbocycles. The minimum Gasteiger partial charge on any atom is -0.507 e. The van der Waals surface area contributed by atoms with Gasteiger partial charge in [0.2, 0.25) is 0 Å². The Bertz CT molecular complexity index is 448. The molecule has 0 heterocycles. The molecule has 0 radical (unpaired) electrons. The van der Waals surface area contributed by atoms with E-state index in [0.29, 0.717) is 11.6 Å². The van der Waals surface area contributed by atoms with E-state index in [4.69, 9.17) is 0 Å². The Morgan fingerprint density at radius 2 is 1.84 bits per heavy atom. The smallest absolute Gasteiger partial charge is 0.257 e. The van der Waals surface area contributed by atoms with Crippen molar-refractivity contribution in [1.82, 2.24) is 4.90 Å². The summed E-state index contributed by atoms with van der Waals surface area (Å²) >= 11 is 0. The fourth-order valence-corrected chi connectivity index (χ4v) is 2.82. The van der Waals surface area contributed by atoms with Gasteiger partial charge in [0.25, 0.3) is 5.91 Å². The van der Waals surface area contributed by atoms with Crippen molar-refractivity contribution in [2.75, 3.05) is 7.05 Å². The summed E-state index contributed by atoms with van der Waals surface area (Å²) in [5, 5.41) is 9.92. The summed E-state index contributed by atoms with van der Waals surface area (Å²) in [7, 11) is 1.86. The number of rotatable bonds is 2. The van der Waals surface area contributed by atoms with Crippen LogP contribution in [0.4, 0.5) is 0 Å². The predicted octanol–water partition coefficient (Wildman–Crippen LogP) is 3.50. The van der Waals surface area contributed by atoms with E-state index in [2.05, 4.69) is 0 Å². The van der Waals surface area contributed by atoms with Crippen molar-refractivity contribution in [3.05, 3.63) is 29.3 Å². The molecule has 1 fully saturated rings. The zero-order valence-corrected chi connectivity index (χ0v) is 11.9. The van der Waals surface area contributed by atoms with Gasteiger partial charge < -0.3 is 10.0 Å². The minimum absolute atomic E-state index is 0.0654. The zero-order valence-electron chi connectivity index (χ0n) is 11.9. The van der Waals surface area contributed by atoms with Crippen LogP contribution in [0.5, 0.6) is 5.75 Å². The number of nitrogens with zero attached hydrogens (tertiary/aromatic N) is 1. The van der Waals surface area contributed by atoms with Crippen LogP contribution in [0.2, 0.25) is 0 Å². The third kappa shape index (κ3) is 3.28. The van der Waals surface area contributed by atoms with Crippen molar-refractivity contribution >= 4 is 5.91 Å². The molecule has 1 N–H and O–H groups in total. The average molecular weight is 261 g/mol. The summed E-state index contributed by atoms with van der Waals surface area (Å²) in [5.74, 6) is 0.0230. The van der Waals surface area contributed by atoms with Gasteiger partial charge in [-0.3, -0.25) is 4.79 Å². The van der Waals surface area contributed by atoms with Gasteiger partial charge in [0, 0.05) is 13.1 Å². The van der Waals surface area contributed by atoms with Gasteiger partial charge in [0.05, 0.1) is 5.56 Å². The lowest BCUT2D eigenvalue weighted by Gasteiger charge is -2.27. The summed E-state index contributed by atoms with van der Waals surface area (Å²) in [6.07, 6.45) is 7.09. The Kier molecular flexibility index (Phi) is 4.46. The van der Waals surface area contributed by atoms with Crippen molar-refractivity contribution < 1.29 is 9.90 Å². The second-order valence-electron chi connectivity index (χ2n) is 5.58. The van der Waals surface area contributed by atoms with Crippen LogP contribution >= 0.6 is 0 Å². The van der Waals surface area contributed by atoms with Crippen LogP contribution in [-0.2, 0) is 0 Å². The third-order valence-corrected chi connectivity index (χ3v) is 4.08. The van der Waals surface area contributed by atoms with Gasteiger partial charge in [0.15, 0.2) is 0 Å². The number of aryl methyl sites for hydroxylation is 1. The molecule has 1 aliphatic carbocycles. The van der Waals surface area contributed by atoms with E-state index in [-0.39, 0.29) is 11.7 Å². The third-order valence-electron chi connectivity index (χ3n) is 4.08. The molecule has 104 valence electrons. The minimum atomic E-state index is -0.0654. The second kappa shape index (κ2) is 6.09. The lowest BCUT2D eigenvalue weighted by molar-refractivity contribution is 0.0714. The van der Waals surface area contributed by atoms with E-state index >= 15 is 0 Å². The van der Waals surface area contributed by atoms with Crippen molar-refractivity contribution in [2.45, 2.75) is 51.5 Å². The van der Waals surface area contributed by atoms with E-state index in [0.717, 1.165) is 18.4 Å². The summed E-state index contributed by atoms with van der Waals surface area (Å²) in [6.45, 7) is 1.91. The van der Waals surface area contributed by atoms with Crippen LogP contribution < -0.4 is 0 Å². The monoisotopic (exact) mass is 261 g/mol. The number of phenolic OH excluding ortho intramolecular Hbond substituents is 1. The molecule has 0 unspecified atom stereocenters. The Labute approximate surface area is 115 Å². The fourth-order valence-electron chi connectivity index (χ4n) is 2.82. The quantitative estimate of drug-likeness (QED) is 0.828. The first kappa shape index (κ1) is 13.9. The molecule has 1 aromatic rings. The number of benzene rings is 1. The predicted molar refractivity (Wildman–Crippen MR) is 76.4 cm³/mol. The zero-order chi connectivity index (χ0) is 13.8. The van der Waals surface area contributed by atoms with Gasteiger partial charge in [0.1, 0.15) is 5.75 Å². The van der Waals surface area contributed by atoms with Crippen LogP contribution in [-0.4, -0.2) is 29.0 Å². The average Bonchev–Trinajstić information content (AvgIpc) is 2.66. The highest BCUT2D eigenvalue weighted by Gasteiger charge is 2.23. The highest BCUT2D eigenvalue weighted by Crippen LogP contribution is 2.25. The summed E-state index contributed by atoms with van der Waals surface area (Å²) in [4.78, 5) is 14.3. The van der Waals surface area contributed by atoms with Crippen LogP contribution in [0.3, 0.4) is 0 Å². The van der Waals surface area contributed by atoms with Gasteiger partial charge in [-0.1, -0.05) is 31.7 Å². The molecule has 0 spiro atoms. The number of phenols is 1. The van der Waals surface area contributed by atoms with Gasteiger partial charge in [-0.15, -0.1) is 0 Å². The van der Waals surface area contributed by atoms with Gasteiger partial charge in [-0.25, -0.2) is 0 Å². The van der Waals surface area contributed by atoms with Gasteiger partial charge >= 0.3 is 0 Å². The first-order valence-corrected chi connectivity index (χ1v) is 7.16. The summed E-state index contributed by atoms with van der Waals surface area (Å²) in [5.41, 5.74) is 1.38. The van der Waals surface area contributed by atoms with E-state index in [1.54, 1.807) is 12.1 Å². The number of carbonyl (C=O) groups excluding carboxylic acids is 1. The molecule has 3 nitrogen and oxygen atoms in total. The number of amides is 1. The molecule has 1 aliphatic rings. The standard InChI is InChI=1S/C16H23NO2/c1-12-9-10-14(15(18)11-12)16(19)17(2)13-7-5-3-4-6-8-13/h9-11,13,18H,3-8H2,1-2H3. The first-order valence-electron chi connectivity index (χ1n) is 7.16. The van der Waals surface area contributed by atoms with Gasteiger partial charge in [-0.05, 0) is 37.5 Å². The van der Waals surface area contributed by atoms with Crippen molar-refractivity contribution in [3.8, 4) is 5.75 Å². The molecular weight excluding hydrogens is 238 g/mol. The Hall–Kier alpha value is -1.51. The molecule has 0 aromatic heterocycles. The summed E-state index contributed by atoms with van der Waals surface area (Å²) < 4.78 is 0. The molecule has 0 aliphatic heterocycles. The van der Waals surface area contributed by atoms with Crippen LogP contribution in [0.1, 0.15) is 54.4 Å². The molecular formula is C16H23NO2. The highest BCUT2D eigenvalue weighted by molar-refractivity contribution is 5.96. The van der Waals surface area contributed by atoms with Crippen molar-refractivity contribution in [1.29, 1.82) is 0 Å². The maximum atomic E-state index is 12.5. The Balaban J connectivity index is 2.13. The highest BCUT2D eigenvalue weighted by atomic mass is 16.3. The molecule has 3 heteroatoms. The SMILES string of the molecule is Cc1ccc(C(=O)N(C)C2CCCCCC2)c(O)c1. The van der Waals surface area contributed by atoms with E-state index in [9.17, 15) is 9.90 Å². The summed E-state index contributed by atoms with van der Waals surface area (Å²) in [6, 6.07) is 5.55. The number of aromatic hydroxyl groups is 1. The van der Waals surface area contributed by atoms with Crippen molar-refractivity contribution in [2.24, 2.45) is 0 Å². The Morgan fingerprint density at radius 1 is 1.21 bits per heavy atom. The van der Waals surface area contributed by atoms with Gasteiger partial charge in [-0.2, -0.15) is 0 Å². The molecule has 1 amide bonds. The maximum Gasteiger partial charge on any atom is 0.257 e. The topological polar surface area (TPSA) is 40.5 Å². The van der Waals surface area contributed by atoms with Crippen LogP contribution in [0.25, 0.3) is 0 Å². The van der Waals surface area contributed by atoms with Crippen LogP contribution in [0, 0.1) is 6.92 Å². The molecule has 0 atom stereocenters. The first-order chi connectivity index (χ1) is 9.09. The molecule has 0 bridgehead atoms. The largest absolute Gasteiger partial charge is 0.507 e. The lowest BCUT2D eigenvalue weighted by Crippen LogP contribution is -2.36. The Morgan fingerprint density at radius 3 is 2.42 bits per heavy atom.